The molecule has 0 bridgehead atoms. The van der Waals surface area contributed by atoms with Crippen molar-refractivity contribution >= 4 is 10.0 Å². The van der Waals surface area contributed by atoms with Crippen molar-refractivity contribution in [3.63, 3.8) is 0 Å². The van der Waals surface area contributed by atoms with Crippen LogP contribution in [0, 0.1) is 17.1 Å². The second-order valence-electron chi connectivity index (χ2n) is 6.01. The maximum Gasteiger partial charge on any atom is 0.403 e. The summed E-state index contributed by atoms with van der Waals surface area (Å²) in [5.74, 6) is -0.703. The average molecular weight is 401 g/mol. The zero-order valence-corrected chi connectivity index (χ0v) is 14.9. The summed E-state index contributed by atoms with van der Waals surface area (Å²) in [7, 11) is -4.19. The standard InChI is InChI=1S/C17H15F4N3O2S/c1-16(17(19,20)21,12-4-6-13(18)7-5-12)15-11(3-2-8-22)9-14(10-24-15)27(23,25)26/h4-7,9-10H,2-3H2,1H3,(H2,23,25,26). The van der Waals surface area contributed by atoms with Gasteiger partial charge in [0.25, 0.3) is 0 Å². The van der Waals surface area contributed by atoms with Crippen LogP contribution in [-0.4, -0.2) is 19.6 Å². The first-order valence-corrected chi connectivity index (χ1v) is 9.18. The van der Waals surface area contributed by atoms with Crippen molar-refractivity contribution in [1.29, 1.82) is 5.26 Å². The molecule has 0 spiro atoms. The fourth-order valence-corrected chi connectivity index (χ4v) is 3.20. The van der Waals surface area contributed by atoms with Crippen LogP contribution in [0.1, 0.15) is 30.2 Å². The Labute approximate surface area is 153 Å². The Bertz CT molecular complexity index is 983. The molecule has 2 aromatic rings. The van der Waals surface area contributed by atoms with Crippen LogP contribution in [0.5, 0.6) is 0 Å². The SMILES string of the molecule is CC(c1ccc(F)cc1)(c1ncc(S(N)(=O)=O)cc1CCC#N)C(F)(F)F. The molecule has 2 rings (SSSR count). The lowest BCUT2D eigenvalue weighted by atomic mass is 9.76. The number of nitrogens with two attached hydrogens (primary N) is 1. The highest BCUT2D eigenvalue weighted by Gasteiger charge is 2.55. The smallest absolute Gasteiger partial charge is 0.258 e. The van der Waals surface area contributed by atoms with E-state index in [1.165, 1.54) is 0 Å². The number of nitrogens with zero attached hydrogens (tertiary/aromatic N) is 2. The van der Waals surface area contributed by atoms with E-state index < -0.39 is 38.0 Å². The third-order valence-electron chi connectivity index (χ3n) is 4.24. The van der Waals surface area contributed by atoms with Crippen LogP contribution in [0.25, 0.3) is 0 Å². The van der Waals surface area contributed by atoms with E-state index in [2.05, 4.69) is 4.98 Å². The largest absolute Gasteiger partial charge is 0.403 e. The molecule has 0 aliphatic rings. The summed E-state index contributed by atoms with van der Waals surface area (Å²) in [5.41, 5.74) is -3.47. The normalized spacial score (nSPS) is 14.4. The van der Waals surface area contributed by atoms with Gasteiger partial charge in [-0.15, -0.1) is 0 Å². The van der Waals surface area contributed by atoms with Gasteiger partial charge in [-0.3, -0.25) is 4.98 Å². The summed E-state index contributed by atoms with van der Waals surface area (Å²) in [5, 5.41) is 13.8. The Hall–Kier alpha value is -2.51. The minimum Gasteiger partial charge on any atom is -0.258 e. The van der Waals surface area contributed by atoms with Gasteiger partial charge >= 0.3 is 6.18 Å². The Morgan fingerprint density at radius 1 is 1.22 bits per heavy atom. The Morgan fingerprint density at radius 3 is 2.30 bits per heavy atom. The number of primary sulfonamides is 1. The molecule has 27 heavy (non-hydrogen) atoms. The first-order valence-electron chi connectivity index (χ1n) is 7.63. The highest BCUT2D eigenvalue weighted by Crippen LogP contribution is 2.46. The fraction of sp³-hybridized carbons (Fsp3) is 0.294. The summed E-state index contributed by atoms with van der Waals surface area (Å²) < 4.78 is 78.5. The van der Waals surface area contributed by atoms with Gasteiger partial charge in [-0.2, -0.15) is 18.4 Å². The van der Waals surface area contributed by atoms with E-state index >= 15 is 0 Å². The third kappa shape index (κ3) is 4.09. The molecule has 5 nitrogen and oxygen atoms in total. The minimum absolute atomic E-state index is 0.0766. The zero-order chi connectivity index (χ0) is 20.5. The molecular weight excluding hydrogens is 386 g/mol. The molecule has 0 radical (unpaired) electrons. The topological polar surface area (TPSA) is 96.8 Å². The second kappa shape index (κ2) is 7.25. The van der Waals surface area contributed by atoms with Crippen molar-refractivity contribution in [3.05, 3.63) is 59.2 Å². The molecule has 0 fully saturated rings. The molecule has 0 amide bonds. The predicted octanol–water partition coefficient (Wildman–Crippen LogP) is 3.19. The number of hydrogen-bond donors (Lipinski definition) is 1. The van der Waals surface area contributed by atoms with Gasteiger partial charge in [0.1, 0.15) is 16.1 Å². The van der Waals surface area contributed by atoms with E-state index in [9.17, 15) is 26.0 Å². The van der Waals surface area contributed by atoms with Crippen LogP contribution in [0.15, 0.2) is 41.4 Å². The quantitative estimate of drug-likeness (QED) is 0.778. The maximum atomic E-state index is 14.1. The highest BCUT2D eigenvalue weighted by molar-refractivity contribution is 7.89. The molecule has 10 heteroatoms. The molecule has 1 heterocycles. The lowest BCUT2D eigenvalue weighted by Gasteiger charge is -2.33. The van der Waals surface area contributed by atoms with Crippen molar-refractivity contribution in [1.82, 2.24) is 4.98 Å². The first kappa shape index (κ1) is 20.8. The van der Waals surface area contributed by atoms with Crippen LogP contribution in [0.3, 0.4) is 0 Å². The van der Waals surface area contributed by atoms with Crippen molar-refractivity contribution < 1.29 is 26.0 Å². The summed E-state index contributed by atoms with van der Waals surface area (Å²) in [6, 6.07) is 6.56. The minimum atomic E-state index is -4.83. The lowest BCUT2D eigenvalue weighted by molar-refractivity contribution is -0.174. The maximum absolute atomic E-state index is 14.1. The monoisotopic (exact) mass is 401 g/mol. The van der Waals surface area contributed by atoms with Gasteiger partial charge < -0.3 is 0 Å². The summed E-state index contributed by atoms with van der Waals surface area (Å²) in [4.78, 5) is 3.30. The molecule has 0 aliphatic carbocycles. The molecule has 0 saturated carbocycles. The van der Waals surface area contributed by atoms with Crippen molar-refractivity contribution in [2.45, 2.75) is 36.3 Å². The molecule has 0 saturated heterocycles. The highest BCUT2D eigenvalue weighted by atomic mass is 32.2. The fourth-order valence-electron chi connectivity index (χ4n) is 2.69. The number of halogens is 4. The summed E-state index contributed by atoms with van der Waals surface area (Å²) in [6.07, 6.45) is -4.40. The van der Waals surface area contributed by atoms with Crippen molar-refractivity contribution in [3.8, 4) is 6.07 Å². The molecular formula is C17H15F4N3O2S. The van der Waals surface area contributed by atoms with E-state index in [-0.39, 0.29) is 24.0 Å². The van der Waals surface area contributed by atoms with E-state index in [0.29, 0.717) is 0 Å². The molecule has 144 valence electrons. The van der Waals surface area contributed by atoms with Crippen LogP contribution in [-0.2, 0) is 21.9 Å². The molecule has 1 unspecified atom stereocenters. The predicted molar refractivity (Wildman–Crippen MR) is 88.5 cm³/mol. The van der Waals surface area contributed by atoms with Crippen LogP contribution in [0.4, 0.5) is 17.6 Å². The Balaban J connectivity index is 2.79. The number of sulfonamides is 1. The number of rotatable bonds is 5. The molecule has 0 aliphatic heterocycles. The van der Waals surface area contributed by atoms with Gasteiger partial charge in [-0.25, -0.2) is 17.9 Å². The van der Waals surface area contributed by atoms with Crippen molar-refractivity contribution in [2.24, 2.45) is 5.14 Å². The number of aryl methyl sites for hydroxylation is 1. The van der Waals surface area contributed by atoms with Crippen LogP contribution >= 0.6 is 0 Å². The molecule has 1 atom stereocenters. The van der Waals surface area contributed by atoms with E-state index in [0.717, 1.165) is 43.5 Å². The second-order valence-corrected chi connectivity index (χ2v) is 7.57. The average Bonchev–Trinajstić information content (AvgIpc) is 2.58. The lowest BCUT2D eigenvalue weighted by Crippen LogP contribution is -2.42. The molecule has 1 aromatic heterocycles. The van der Waals surface area contributed by atoms with Gasteiger partial charge in [-0.1, -0.05) is 12.1 Å². The number of hydrogen-bond acceptors (Lipinski definition) is 4. The number of nitriles is 1. The first-order chi connectivity index (χ1) is 12.4. The van der Waals surface area contributed by atoms with Crippen LogP contribution < -0.4 is 5.14 Å². The van der Waals surface area contributed by atoms with Gasteiger partial charge in [0.15, 0.2) is 0 Å². The van der Waals surface area contributed by atoms with E-state index in [1.54, 1.807) is 6.07 Å². The summed E-state index contributed by atoms with van der Waals surface area (Å²) >= 11 is 0. The van der Waals surface area contributed by atoms with Crippen LogP contribution in [0.2, 0.25) is 0 Å². The molecule has 1 aromatic carbocycles. The van der Waals surface area contributed by atoms with E-state index in [4.69, 9.17) is 10.4 Å². The number of aromatic nitrogens is 1. The summed E-state index contributed by atoms with van der Waals surface area (Å²) in [6.45, 7) is 0.870. The Morgan fingerprint density at radius 2 is 1.81 bits per heavy atom. The number of pyridine rings is 1. The van der Waals surface area contributed by atoms with Gasteiger partial charge in [0, 0.05) is 12.6 Å². The van der Waals surface area contributed by atoms with Crippen molar-refractivity contribution in [2.75, 3.05) is 0 Å². The number of benzene rings is 1. The third-order valence-corrected chi connectivity index (χ3v) is 5.12. The van der Waals surface area contributed by atoms with Gasteiger partial charge in [0.05, 0.1) is 11.8 Å². The van der Waals surface area contributed by atoms with Gasteiger partial charge in [-0.05, 0) is 42.7 Å². The zero-order valence-electron chi connectivity index (χ0n) is 14.1. The Kier molecular flexibility index (Phi) is 5.58. The molecule has 2 N–H and O–H groups in total. The van der Waals surface area contributed by atoms with Gasteiger partial charge in [0.2, 0.25) is 10.0 Å². The number of alkyl halides is 3. The van der Waals surface area contributed by atoms with E-state index in [1.807, 2.05) is 0 Å².